The summed E-state index contributed by atoms with van der Waals surface area (Å²) in [6.45, 7) is 7.57. The van der Waals surface area contributed by atoms with Crippen LogP contribution in [0.5, 0.6) is 5.75 Å². The molecule has 2 aliphatic heterocycles. The molecule has 0 spiro atoms. The van der Waals surface area contributed by atoms with Crippen LogP contribution in [0.2, 0.25) is 0 Å². The Balaban J connectivity index is 1.64. The van der Waals surface area contributed by atoms with Crippen LogP contribution in [0, 0.1) is 0 Å². The van der Waals surface area contributed by atoms with Crippen molar-refractivity contribution >= 4 is 17.7 Å². The van der Waals surface area contributed by atoms with Crippen molar-refractivity contribution in [2.45, 2.75) is 52.1 Å². The summed E-state index contributed by atoms with van der Waals surface area (Å²) >= 11 is 0. The van der Waals surface area contributed by atoms with Crippen LogP contribution >= 0.6 is 0 Å². The molecule has 31 heavy (non-hydrogen) atoms. The summed E-state index contributed by atoms with van der Waals surface area (Å²) in [4.78, 5) is 29.6. The number of fused-ring (bicyclic) bond motifs is 1. The van der Waals surface area contributed by atoms with E-state index in [1.807, 2.05) is 29.2 Å². The molecule has 1 fully saturated rings. The van der Waals surface area contributed by atoms with Crippen molar-refractivity contribution in [2.75, 3.05) is 43.6 Å². The lowest BCUT2D eigenvalue weighted by molar-refractivity contribution is 0.0733. The van der Waals surface area contributed by atoms with E-state index in [0.29, 0.717) is 24.7 Å². The molecule has 1 aromatic carbocycles. The summed E-state index contributed by atoms with van der Waals surface area (Å²) < 4.78 is 5.22. The van der Waals surface area contributed by atoms with E-state index in [0.717, 1.165) is 48.3 Å². The van der Waals surface area contributed by atoms with E-state index in [4.69, 9.17) is 14.7 Å². The minimum absolute atomic E-state index is 0.0339. The molecule has 1 aromatic heterocycles. The van der Waals surface area contributed by atoms with Crippen LogP contribution in [0.3, 0.4) is 0 Å². The third-order valence-electron chi connectivity index (χ3n) is 6.40. The number of nitrogens with zero attached hydrogens (tertiary/aromatic N) is 5. The van der Waals surface area contributed by atoms with Crippen LogP contribution in [0.15, 0.2) is 24.3 Å². The Morgan fingerprint density at radius 2 is 1.77 bits per heavy atom. The predicted molar refractivity (Wildman–Crippen MR) is 123 cm³/mol. The van der Waals surface area contributed by atoms with Gasteiger partial charge in [-0.05, 0) is 57.4 Å². The molecule has 0 unspecified atom stereocenters. The number of aromatic nitrogens is 2. The van der Waals surface area contributed by atoms with Gasteiger partial charge in [0.1, 0.15) is 11.6 Å². The minimum Gasteiger partial charge on any atom is -0.497 e. The number of piperidine rings is 1. The summed E-state index contributed by atoms with van der Waals surface area (Å²) in [5.41, 5.74) is 2.83. The number of anilines is 2. The molecule has 0 bridgehead atoms. The van der Waals surface area contributed by atoms with Crippen LogP contribution in [0.25, 0.3) is 0 Å². The van der Waals surface area contributed by atoms with Gasteiger partial charge in [-0.25, -0.2) is 4.98 Å². The summed E-state index contributed by atoms with van der Waals surface area (Å²) in [5, 5.41) is 0. The van der Waals surface area contributed by atoms with Crippen molar-refractivity contribution in [1.29, 1.82) is 0 Å². The van der Waals surface area contributed by atoms with Crippen molar-refractivity contribution < 1.29 is 9.53 Å². The average Bonchev–Trinajstić information content (AvgIpc) is 2.82. The van der Waals surface area contributed by atoms with Crippen LogP contribution in [-0.2, 0) is 13.0 Å². The van der Waals surface area contributed by atoms with Gasteiger partial charge < -0.3 is 19.4 Å². The van der Waals surface area contributed by atoms with E-state index in [9.17, 15) is 4.79 Å². The first-order chi connectivity index (χ1) is 15.0. The number of methoxy groups -OCH3 is 1. The van der Waals surface area contributed by atoms with Crippen molar-refractivity contribution in [1.82, 2.24) is 14.9 Å². The Labute approximate surface area is 185 Å². The van der Waals surface area contributed by atoms with Gasteiger partial charge in [-0.1, -0.05) is 0 Å². The van der Waals surface area contributed by atoms with Crippen LogP contribution in [-0.4, -0.2) is 60.6 Å². The third kappa shape index (κ3) is 4.45. The fourth-order valence-electron chi connectivity index (χ4n) is 4.25. The number of amides is 1. The predicted octanol–water partition coefficient (Wildman–Crippen LogP) is 3.52. The fourth-order valence-corrected chi connectivity index (χ4v) is 4.25. The van der Waals surface area contributed by atoms with Gasteiger partial charge in [-0.2, -0.15) is 4.98 Å². The molecule has 0 N–H and O–H groups in total. The van der Waals surface area contributed by atoms with Crippen molar-refractivity contribution in [3.05, 3.63) is 41.1 Å². The smallest absolute Gasteiger partial charge is 0.254 e. The highest BCUT2D eigenvalue weighted by atomic mass is 16.5. The molecule has 7 heteroatoms. The monoisotopic (exact) mass is 423 g/mol. The van der Waals surface area contributed by atoms with E-state index in [2.05, 4.69) is 30.7 Å². The lowest BCUT2D eigenvalue weighted by Gasteiger charge is -2.35. The largest absolute Gasteiger partial charge is 0.497 e. The molecule has 166 valence electrons. The topological polar surface area (TPSA) is 61.8 Å². The molecule has 0 saturated carbocycles. The molecule has 1 saturated heterocycles. The second kappa shape index (κ2) is 9.12. The van der Waals surface area contributed by atoms with E-state index in [-0.39, 0.29) is 5.91 Å². The first kappa shape index (κ1) is 21.4. The molecule has 0 aliphatic carbocycles. The number of hydrogen-bond donors (Lipinski definition) is 0. The molecule has 2 aromatic rings. The second-order valence-electron chi connectivity index (χ2n) is 8.73. The molecule has 2 aliphatic rings. The Bertz CT molecular complexity index is 922. The van der Waals surface area contributed by atoms with Gasteiger partial charge in [-0.3, -0.25) is 4.79 Å². The molecule has 3 heterocycles. The summed E-state index contributed by atoms with van der Waals surface area (Å²) in [6.07, 6.45) is 4.42. The lowest BCUT2D eigenvalue weighted by atomic mass is 10.0. The standard InChI is InChI=1S/C24H33N5O2/c1-17(2)27(3)22-20-16-29(23(30)18-8-10-19(31-4)11-9-18)15-12-21(20)25-24(26-22)28-13-6-5-7-14-28/h8-11,17H,5-7,12-16H2,1-4H3. The Morgan fingerprint density at radius 1 is 1.06 bits per heavy atom. The number of rotatable bonds is 5. The zero-order valence-corrected chi connectivity index (χ0v) is 19.1. The summed E-state index contributed by atoms with van der Waals surface area (Å²) in [5.74, 6) is 2.58. The highest BCUT2D eigenvalue weighted by Crippen LogP contribution is 2.31. The summed E-state index contributed by atoms with van der Waals surface area (Å²) in [6, 6.07) is 7.62. The average molecular weight is 424 g/mol. The van der Waals surface area contributed by atoms with Crippen molar-refractivity contribution in [3.8, 4) is 5.75 Å². The fraction of sp³-hybridized carbons (Fsp3) is 0.542. The number of ether oxygens (including phenoxy) is 1. The van der Waals surface area contributed by atoms with E-state index >= 15 is 0 Å². The summed E-state index contributed by atoms with van der Waals surface area (Å²) in [7, 11) is 3.71. The SMILES string of the molecule is COc1ccc(C(=O)N2CCc3nc(N4CCCCC4)nc(N(C)C(C)C)c3C2)cc1. The lowest BCUT2D eigenvalue weighted by Crippen LogP contribution is -2.39. The van der Waals surface area contributed by atoms with Gasteiger partial charge >= 0.3 is 0 Å². The third-order valence-corrected chi connectivity index (χ3v) is 6.40. The van der Waals surface area contributed by atoms with E-state index in [1.54, 1.807) is 7.11 Å². The molecule has 4 rings (SSSR count). The normalized spacial score (nSPS) is 16.3. The van der Waals surface area contributed by atoms with Crippen LogP contribution in [0.4, 0.5) is 11.8 Å². The van der Waals surface area contributed by atoms with Gasteiger partial charge in [0.15, 0.2) is 0 Å². The minimum atomic E-state index is 0.0339. The second-order valence-corrected chi connectivity index (χ2v) is 8.73. The van der Waals surface area contributed by atoms with Crippen molar-refractivity contribution in [2.24, 2.45) is 0 Å². The maximum absolute atomic E-state index is 13.2. The highest BCUT2D eigenvalue weighted by molar-refractivity contribution is 5.94. The zero-order valence-electron chi connectivity index (χ0n) is 19.1. The van der Waals surface area contributed by atoms with Gasteiger partial charge in [0.2, 0.25) is 5.95 Å². The van der Waals surface area contributed by atoms with Crippen LogP contribution < -0.4 is 14.5 Å². The zero-order chi connectivity index (χ0) is 22.0. The molecular weight excluding hydrogens is 390 g/mol. The number of hydrogen-bond acceptors (Lipinski definition) is 6. The van der Waals surface area contributed by atoms with E-state index in [1.165, 1.54) is 19.3 Å². The van der Waals surface area contributed by atoms with E-state index < -0.39 is 0 Å². The number of carbonyl (C=O) groups excluding carboxylic acids is 1. The highest BCUT2D eigenvalue weighted by Gasteiger charge is 2.29. The molecule has 0 atom stereocenters. The van der Waals surface area contributed by atoms with Crippen LogP contribution in [0.1, 0.15) is 54.7 Å². The Kier molecular flexibility index (Phi) is 6.30. The quantitative estimate of drug-likeness (QED) is 0.733. The van der Waals surface area contributed by atoms with Crippen molar-refractivity contribution in [3.63, 3.8) is 0 Å². The molecule has 7 nitrogen and oxygen atoms in total. The first-order valence-corrected chi connectivity index (χ1v) is 11.3. The Morgan fingerprint density at radius 3 is 2.42 bits per heavy atom. The molecular formula is C24H33N5O2. The first-order valence-electron chi connectivity index (χ1n) is 11.3. The number of benzene rings is 1. The van der Waals surface area contributed by atoms with Gasteiger partial charge in [0, 0.05) is 50.3 Å². The number of carbonyl (C=O) groups is 1. The maximum Gasteiger partial charge on any atom is 0.254 e. The molecule has 0 radical (unpaired) electrons. The van der Waals surface area contributed by atoms with Gasteiger partial charge in [-0.15, -0.1) is 0 Å². The Hall–Kier alpha value is -2.83. The maximum atomic E-state index is 13.2. The molecule has 1 amide bonds. The van der Waals surface area contributed by atoms with Gasteiger partial charge in [0.05, 0.1) is 19.3 Å². The van der Waals surface area contributed by atoms with Gasteiger partial charge in [0.25, 0.3) is 5.91 Å².